The zero-order valence-electron chi connectivity index (χ0n) is 21.9. The molecule has 2 heterocycles. The number of para-hydroxylation sites is 2. The van der Waals surface area contributed by atoms with Crippen LogP contribution in [0.5, 0.6) is 5.75 Å². The van der Waals surface area contributed by atoms with E-state index in [1.165, 1.54) is 6.07 Å². The molecule has 0 aliphatic rings. The second kappa shape index (κ2) is 11.9. The minimum Gasteiger partial charge on any atom is -0.489 e. The van der Waals surface area contributed by atoms with E-state index in [0.717, 1.165) is 22.0 Å². The third kappa shape index (κ3) is 6.60. The number of aliphatic hydroxyl groups is 1. The average Bonchev–Trinajstić information content (AvgIpc) is 3.24. The first-order valence-electron chi connectivity index (χ1n) is 12.7. The molecule has 0 bridgehead atoms. The third-order valence-electron chi connectivity index (χ3n) is 6.87. The van der Waals surface area contributed by atoms with Crippen LogP contribution in [0.4, 0.5) is 0 Å². The fourth-order valence-electron chi connectivity index (χ4n) is 4.66. The number of hydrogen-bond donors (Lipinski definition) is 4. The number of aliphatic hydroxyl groups excluding tert-OH is 1. The van der Waals surface area contributed by atoms with Gasteiger partial charge in [0.1, 0.15) is 12.4 Å². The topological polar surface area (TPSA) is 112 Å². The van der Waals surface area contributed by atoms with Crippen molar-refractivity contribution < 1.29 is 9.84 Å². The number of aromatic amines is 2. The first-order chi connectivity index (χ1) is 18.3. The SMILES string of the molecule is CC(C)(CCn1c(=O)[nH]c2ccccc21)NCC(O)c1cc(OCc2ccccc2)cc2[nH]c(=O)ccc12.Cl. The largest absolute Gasteiger partial charge is 0.489 e. The summed E-state index contributed by atoms with van der Waals surface area (Å²) in [5, 5.41) is 15.4. The summed E-state index contributed by atoms with van der Waals surface area (Å²) in [5.41, 5.74) is 3.28. The number of nitrogens with zero attached hydrogens (tertiary/aromatic N) is 1. The van der Waals surface area contributed by atoms with Gasteiger partial charge in [0.2, 0.25) is 5.56 Å². The smallest absolute Gasteiger partial charge is 0.326 e. The van der Waals surface area contributed by atoms with Crippen molar-refractivity contribution in [3.8, 4) is 5.75 Å². The molecular weight excluding hydrogens is 516 g/mol. The van der Waals surface area contributed by atoms with Gasteiger partial charge in [-0.15, -0.1) is 12.4 Å². The van der Waals surface area contributed by atoms with Gasteiger partial charge in [0.05, 0.1) is 22.7 Å². The van der Waals surface area contributed by atoms with Crippen LogP contribution in [0.15, 0.2) is 88.5 Å². The van der Waals surface area contributed by atoms with E-state index in [-0.39, 0.29) is 35.7 Å². The monoisotopic (exact) mass is 548 g/mol. The van der Waals surface area contributed by atoms with Crippen molar-refractivity contribution in [1.29, 1.82) is 0 Å². The average molecular weight is 549 g/mol. The van der Waals surface area contributed by atoms with Gasteiger partial charge in [0, 0.05) is 36.1 Å². The molecule has 1 atom stereocenters. The molecule has 0 aliphatic carbocycles. The Hall–Kier alpha value is -3.85. The number of imidazole rings is 1. The second-order valence-electron chi connectivity index (χ2n) is 10.2. The summed E-state index contributed by atoms with van der Waals surface area (Å²) in [5.74, 6) is 0.565. The standard InChI is InChI=1S/C30H32N4O4.ClH/c1-30(2,14-15-34-26-11-7-6-10-24(26)33-29(34)37)31-18-27(35)23-16-21(38-19-20-8-4-3-5-9-20)17-25-22(23)12-13-28(36)32-25;/h3-13,16-17,27,31,35H,14-15,18-19H2,1-2H3,(H,32,36)(H,33,37);1H. The van der Waals surface area contributed by atoms with Gasteiger partial charge in [-0.3, -0.25) is 9.36 Å². The van der Waals surface area contributed by atoms with Crippen LogP contribution < -0.4 is 21.3 Å². The molecule has 204 valence electrons. The summed E-state index contributed by atoms with van der Waals surface area (Å²) >= 11 is 0. The predicted molar refractivity (Wildman–Crippen MR) is 157 cm³/mol. The Bertz CT molecular complexity index is 1670. The maximum absolute atomic E-state index is 12.4. The van der Waals surface area contributed by atoms with E-state index in [1.807, 2.05) is 60.7 Å². The van der Waals surface area contributed by atoms with Crippen molar-refractivity contribution >= 4 is 34.3 Å². The molecule has 0 spiro atoms. The molecule has 9 heteroatoms. The lowest BCUT2D eigenvalue weighted by Crippen LogP contribution is -2.42. The second-order valence-corrected chi connectivity index (χ2v) is 10.2. The molecule has 1 unspecified atom stereocenters. The van der Waals surface area contributed by atoms with E-state index in [1.54, 1.807) is 16.7 Å². The van der Waals surface area contributed by atoms with Crippen LogP contribution in [0, 0.1) is 0 Å². The lowest BCUT2D eigenvalue weighted by molar-refractivity contribution is 0.159. The Balaban J connectivity index is 0.00000353. The number of pyridine rings is 1. The number of hydrogen-bond acceptors (Lipinski definition) is 5. The summed E-state index contributed by atoms with van der Waals surface area (Å²) in [4.78, 5) is 30.2. The molecule has 5 rings (SSSR count). The van der Waals surface area contributed by atoms with Crippen molar-refractivity contribution in [2.24, 2.45) is 0 Å². The molecule has 4 N–H and O–H groups in total. The zero-order valence-corrected chi connectivity index (χ0v) is 22.8. The number of benzene rings is 3. The zero-order chi connectivity index (χ0) is 26.7. The molecule has 0 amide bonds. The molecule has 0 saturated heterocycles. The number of halogens is 1. The maximum Gasteiger partial charge on any atom is 0.326 e. The Morgan fingerprint density at radius 1 is 0.949 bits per heavy atom. The van der Waals surface area contributed by atoms with Gasteiger partial charge in [0.15, 0.2) is 0 Å². The molecule has 3 aromatic carbocycles. The number of nitrogens with one attached hydrogen (secondary N) is 3. The van der Waals surface area contributed by atoms with Gasteiger partial charge in [-0.1, -0.05) is 42.5 Å². The molecule has 0 aliphatic heterocycles. The van der Waals surface area contributed by atoms with E-state index in [9.17, 15) is 14.7 Å². The van der Waals surface area contributed by atoms with Crippen LogP contribution in [0.2, 0.25) is 0 Å². The quantitative estimate of drug-likeness (QED) is 0.203. The Labute approximate surface area is 232 Å². The molecule has 8 nitrogen and oxygen atoms in total. The van der Waals surface area contributed by atoms with Crippen molar-refractivity contribution in [2.75, 3.05) is 6.54 Å². The lowest BCUT2D eigenvalue weighted by Gasteiger charge is -2.28. The fourth-order valence-corrected chi connectivity index (χ4v) is 4.66. The van der Waals surface area contributed by atoms with E-state index >= 15 is 0 Å². The minimum absolute atomic E-state index is 0. The molecule has 0 fully saturated rings. The van der Waals surface area contributed by atoms with Crippen LogP contribution in [0.25, 0.3) is 21.9 Å². The van der Waals surface area contributed by atoms with Gasteiger partial charge in [-0.05, 0) is 55.7 Å². The van der Waals surface area contributed by atoms with E-state index in [0.29, 0.717) is 36.4 Å². The Kier molecular flexibility index (Phi) is 8.60. The number of fused-ring (bicyclic) bond motifs is 2. The normalized spacial score (nSPS) is 12.4. The number of ether oxygens (including phenoxy) is 1. The van der Waals surface area contributed by atoms with Crippen molar-refractivity contribution in [1.82, 2.24) is 19.9 Å². The summed E-state index contributed by atoms with van der Waals surface area (Å²) in [6.45, 7) is 5.29. The van der Waals surface area contributed by atoms with Crippen molar-refractivity contribution in [3.05, 3.63) is 111 Å². The highest BCUT2D eigenvalue weighted by atomic mass is 35.5. The number of β-amino-alcohol motifs (C(OH)–C–C–N with tert-alkyl or cyclic N) is 1. The van der Waals surface area contributed by atoms with Gasteiger partial charge in [0.25, 0.3) is 0 Å². The van der Waals surface area contributed by atoms with Crippen molar-refractivity contribution in [3.63, 3.8) is 0 Å². The van der Waals surface area contributed by atoms with Crippen LogP contribution >= 0.6 is 12.4 Å². The lowest BCUT2D eigenvalue weighted by atomic mass is 9.98. The number of H-pyrrole nitrogens is 2. The van der Waals surface area contributed by atoms with Crippen LogP contribution in [-0.2, 0) is 13.2 Å². The summed E-state index contributed by atoms with van der Waals surface area (Å²) in [7, 11) is 0. The number of rotatable bonds is 10. The van der Waals surface area contributed by atoms with E-state index in [2.05, 4.69) is 29.1 Å². The Morgan fingerprint density at radius 3 is 2.49 bits per heavy atom. The van der Waals surface area contributed by atoms with Gasteiger partial charge >= 0.3 is 5.69 Å². The van der Waals surface area contributed by atoms with Gasteiger partial charge in [-0.2, -0.15) is 0 Å². The molecule has 0 saturated carbocycles. The van der Waals surface area contributed by atoms with Gasteiger partial charge < -0.3 is 25.1 Å². The number of aromatic nitrogens is 3. The molecule has 2 aromatic heterocycles. The Morgan fingerprint density at radius 2 is 1.69 bits per heavy atom. The fraction of sp³-hybridized carbons (Fsp3) is 0.267. The summed E-state index contributed by atoms with van der Waals surface area (Å²) in [6.07, 6.45) is -0.172. The molecular formula is C30H33ClN4O4. The number of aryl methyl sites for hydroxylation is 1. The van der Waals surface area contributed by atoms with Crippen LogP contribution in [0.3, 0.4) is 0 Å². The molecule has 39 heavy (non-hydrogen) atoms. The summed E-state index contributed by atoms with van der Waals surface area (Å²) in [6, 6.07) is 24.3. The minimum atomic E-state index is -0.848. The first kappa shape index (κ1) is 28.2. The maximum atomic E-state index is 12.4. The predicted octanol–water partition coefficient (Wildman–Crippen LogP) is 4.66. The molecule has 5 aromatic rings. The summed E-state index contributed by atoms with van der Waals surface area (Å²) < 4.78 is 7.76. The third-order valence-corrected chi connectivity index (χ3v) is 6.87. The van der Waals surface area contributed by atoms with Gasteiger partial charge in [-0.25, -0.2) is 4.79 Å². The van der Waals surface area contributed by atoms with E-state index in [4.69, 9.17) is 4.74 Å². The van der Waals surface area contributed by atoms with E-state index < -0.39 is 6.10 Å². The van der Waals surface area contributed by atoms with Crippen LogP contribution in [0.1, 0.15) is 37.5 Å². The highest BCUT2D eigenvalue weighted by Gasteiger charge is 2.22. The highest BCUT2D eigenvalue weighted by Crippen LogP contribution is 2.29. The highest BCUT2D eigenvalue weighted by molar-refractivity contribution is 5.85. The molecule has 0 radical (unpaired) electrons. The van der Waals surface area contributed by atoms with Crippen molar-refractivity contribution in [2.45, 2.75) is 45.1 Å². The first-order valence-corrected chi connectivity index (χ1v) is 12.7. The van der Waals surface area contributed by atoms with Crippen LogP contribution in [-0.4, -0.2) is 31.7 Å².